The molecule has 144 valence electrons. The number of nitrogens with zero attached hydrogens (tertiary/aromatic N) is 3. The van der Waals surface area contributed by atoms with E-state index in [1.54, 1.807) is 40.5 Å². The van der Waals surface area contributed by atoms with Gasteiger partial charge >= 0.3 is 0 Å². The second kappa shape index (κ2) is 9.02. The van der Waals surface area contributed by atoms with Crippen molar-refractivity contribution in [3.05, 3.63) is 58.1 Å². The zero-order chi connectivity index (χ0) is 18.8. The van der Waals surface area contributed by atoms with Gasteiger partial charge in [0.2, 0.25) is 0 Å². The monoisotopic (exact) mass is 423 g/mol. The normalized spacial score (nSPS) is 10.9. The molecule has 7 heteroatoms. The third-order valence-corrected chi connectivity index (χ3v) is 5.43. The Morgan fingerprint density at radius 2 is 1.78 bits per heavy atom. The summed E-state index contributed by atoms with van der Waals surface area (Å²) in [6.45, 7) is 5.47. The van der Waals surface area contributed by atoms with Gasteiger partial charge in [0.1, 0.15) is 0 Å². The van der Waals surface area contributed by atoms with Gasteiger partial charge in [0.15, 0.2) is 5.13 Å². The van der Waals surface area contributed by atoms with Crippen molar-refractivity contribution in [2.75, 3.05) is 32.1 Å². The Morgan fingerprint density at radius 3 is 2.41 bits per heavy atom. The van der Waals surface area contributed by atoms with Gasteiger partial charge in [-0.1, -0.05) is 29.0 Å². The summed E-state index contributed by atoms with van der Waals surface area (Å²) in [5.74, 6) is -0.0584. The Hall–Kier alpha value is -1.66. The fourth-order valence-electron chi connectivity index (χ4n) is 2.81. The van der Waals surface area contributed by atoms with Gasteiger partial charge in [0.05, 0.1) is 10.2 Å². The van der Waals surface area contributed by atoms with Crippen molar-refractivity contribution in [2.24, 2.45) is 0 Å². The maximum Gasteiger partial charge on any atom is 0.260 e. The highest BCUT2D eigenvalue weighted by atomic mass is 35.5. The molecule has 0 saturated carbocycles. The van der Waals surface area contributed by atoms with Crippen LogP contribution in [-0.4, -0.2) is 43.0 Å². The van der Waals surface area contributed by atoms with Crippen LogP contribution in [-0.2, 0) is 0 Å². The first-order valence-electron chi connectivity index (χ1n) is 8.45. The second-order valence-corrected chi connectivity index (χ2v) is 8.14. The Balaban J connectivity index is 0.00000261. The number of thiazole rings is 1. The van der Waals surface area contributed by atoms with Crippen molar-refractivity contribution in [1.82, 2.24) is 9.88 Å². The van der Waals surface area contributed by atoms with Crippen molar-refractivity contribution in [3.63, 3.8) is 0 Å². The molecule has 0 saturated heterocycles. The molecule has 3 rings (SSSR count). The molecule has 1 aromatic heterocycles. The number of carbonyl (C=O) groups excluding carboxylic acids is 1. The van der Waals surface area contributed by atoms with E-state index in [-0.39, 0.29) is 18.3 Å². The van der Waals surface area contributed by atoms with Crippen LogP contribution in [0.3, 0.4) is 0 Å². The van der Waals surface area contributed by atoms with Crippen LogP contribution in [0.15, 0.2) is 36.4 Å². The maximum atomic E-state index is 13.1. The summed E-state index contributed by atoms with van der Waals surface area (Å²) < 4.78 is 1.11. The van der Waals surface area contributed by atoms with Crippen LogP contribution < -0.4 is 4.90 Å². The van der Waals surface area contributed by atoms with Crippen molar-refractivity contribution in [3.8, 4) is 0 Å². The predicted octanol–water partition coefficient (Wildman–Crippen LogP) is 5.20. The van der Waals surface area contributed by atoms with Crippen LogP contribution in [0.2, 0.25) is 5.02 Å². The minimum absolute atomic E-state index is 0. The largest absolute Gasteiger partial charge is 0.308 e. The highest BCUT2D eigenvalue weighted by Gasteiger charge is 2.22. The predicted molar refractivity (Wildman–Crippen MR) is 118 cm³/mol. The van der Waals surface area contributed by atoms with Crippen molar-refractivity contribution in [2.45, 2.75) is 13.8 Å². The fourth-order valence-corrected chi connectivity index (χ4v) is 4.10. The van der Waals surface area contributed by atoms with E-state index in [9.17, 15) is 4.79 Å². The third-order valence-electron chi connectivity index (χ3n) is 4.16. The summed E-state index contributed by atoms with van der Waals surface area (Å²) >= 11 is 7.52. The molecule has 27 heavy (non-hydrogen) atoms. The Bertz CT molecular complexity index is 938. The molecule has 0 N–H and O–H groups in total. The number of likely N-dealkylation sites (N-methyl/N-ethyl adjacent to an activating group) is 1. The van der Waals surface area contributed by atoms with Crippen LogP contribution in [0, 0.1) is 13.8 Å². The number of aryl methyl sites for hydroxylation is 2. The summed E-state index contributed by atoms with van der Waals surface area (Å²) in [6.07, 6.45) is 0. The number of carbonyl (C=O) groups is 1. The Morgan fingerprint density at radius 1 is 1.11 bits per heavy atom. The van der Waals surface area contributed by atoms with E-state index in [2.05, 4.69) is 30.9 Å². The van der Waals surface area contributed by atoms with Gasteiger partial charge in [0.25, 0.3) is 5.91 Å². The number of amides is 1. The lowest BCUT2D eigenvalue weighted by Gasteiger charge is -2.22. The van der Waals surface area contributed by atoms with Crippen LogP contribution in [0.1, 0.15) is 21.5 Å². The number of benzene rings is 2. The molecule has 1 amide bonds. The van der Waals surface area contributed by atoms with E-state index in [1.165, 1.54) is 5.56 Å². The van der Waals surface area contributed by atoms with Crippen LogP contribution in [0.25, 0.3) is 10.2 Å². The summed E-state index contributed by atoms with van der Waals surface area (Å²) in [6, 6.07) is 11.2. The smallest absolute Gasteiger partial charge is 0.260 e. The number of anilines is 1. The minimum atomic E-state index is -0.0584. The number of hydrogen-bond donors (Lipinski definition) is 0. The molecule has 4 nitrogen and oxygen atoms in total. The molecule has 0 radical (unpaired) electrons. The third kappa shape index (κ3) is 4.99. The highest BCUT2D eigenvalue weighted by molar-refractivity contribution is 7.22. The summed E-state index contributed by atoms with van der Waals surface area (Å²) in [5.41, 5.74) is 3.91. The molecule has 0 atom stereocenters. The first kappa shape index (κ1) is 21.6. The lowest BCUT2D eigenvalue weighted by atomic mass is 10.1. The zero-order valence-corrected chi connectivity index (χ0v) is 18.2. The molecular weight excluding hydrogens is 401 g/mol. The molecule has 1 heterocycles. The quantitative estimate of drug-likeness (QED) is 0.565. The number of hydrogen-bond acceptors (Lipinski definition) is 4. The van der Waals surface area contributed by atoms with Crippen LogP contribution in [0.4, 0.5) is 5.13 Å². The zero-order valence-electron chi connectivity index (χ0n) is 15.8. The van der Waals surface area contributed by atoms with Gasteiger partial charge in [-0.3, -0.25) is 9.69 Å². The average Bonchev–Trinajstić information content (AvgIpc) is 2.99. The van der Waals surface area contributed by atoms with Gasteiger partial charge < -0.3 is 4.90 Å². The van der Waals surface area contributed by atoms with Crippen molar-refractivity contribution in [1.29, 1.82) is 0 Å². The molecule has 3 aromatic rings. The van der Waals surface area contributed by atoms with E-state index in [1.807, 2.05) is 14.1 Å². The SMILES string of the molecule is Cc1cc(C)c2nc(N(CCN(C)C)C(=O)c3ccc(Cl)cc3)sc2c1.Cl. The molecule has 0 fully saturated rings. The standard InChI is InChI=1S/C20H22ClN3OS.ClH/c1-13-11-14(2)18-17(12-13)26-20(22-18)24(10-9-23(3)4)19(25)15-5-7-16(21)8-6-15;/h5-8,11-12H,9-10H2,1-4H3;1H. The van der Waals surface area contributed by atoms with Gasteiger partial charge in [-0.2, -0.15) is 0 Å². The van der Waals surface area contributed by atoms with Crippen LogP contribution in [0.5, 0.6) is 0 Å². The summed E-state index contributed by atoms with van der Waals surface area (Å²) in [4.78, 5) is 21.7. The lowest BCUT2D eigenvalue weighted by molar-refractivity contribution is 0.0985. The van der Waals surface area contributed by atoms with Gasteiger partial charge in [-0.25, -0.2) is 4.98 Å². The van der Waals surface area contributed by atoms with Crippen molar-refractivity contribution < 1.29 is 4.79 Å². The molecule has 0 spiro atoms. The van der Waals surface area contributed by atoms with Gasteiger partial charge in [0, 0.05) is 23.7 Å². The van der Waals surface area contributed by atoms with E-state index < -0.39 is 0 Å². The van der Waals surface area contributed by atoms with E-state index >= 15 is 0 Å². The topological polar surface area (TPSA) is 36.4 Å². The fraction of sp³-hybridized carbons (Fsp3) is 0.300. The Labute approximate surface area is 175 Å². The summed E-state index contributed by atoms with van der Waals surface area (Å²) in [7, 11) is 3.99. The van der Waals surface area contributed by atoms with E-state index in [4.69, 9.17) is 16.6 Å². The van der Waals surface area contributed by atoms with Crippen LogP contribution >= 0.6 is 35.3 Å². The molecule has 0 aliphatic heterocycles. The van der Waals surface area contributed by atoms with E-state index in [0.29, 0.717) is 17.1 Å². The van der Waals surface area contributed by atoms with E-state index in [0.717, 1.165) is 27.5 Å². The first-order chi connectivity index (χ1) is 12.3. The average molecular weight is 424 g/mol. The second-order valence-electron chi connectivity index (χ2n) is 6.69. The number of halogens is 2. The minimum Gasteiger partial charge on any atom is -0.308 e. The molecule has 0 aliphatic rings. The first-order valence-corrected chi connectivity index (χ1v) is 9.64. The molecule has 2 aromatic carbocycles. The molecular formula is C20H23Cl2N3OS. The Kier molecular flexibility index (Phi) is 7.23. The number of rotatable bonds is 5. The lowest BCUT2D eigenvalue weighted by Crippen LogP contribution is -2.36. The van der Waals surface area contributed by atoms with Gasteiger partial charge in [-0.05, 0) is 69.4 Å². The van der Waals surface area contributed by atoms with Crippen molar-refractivity contribution >= 4 is 56.6 Å². The molecule has 0 bridgehead atoms. The maximum absolute atomic E-state index is 13.1. The highest BCUT2D eigenvalue weighted by Crippen LogP contribution is 2.32. The molecule has 0 aliphatic carbocycles. The number of fused-ring (bicyclic) bond motifs is 1. The van der Waals surface area contributed by atoms with Gasteiger partial charge in [-0.15, -0.1) is 12.4 Å². The number of aromatic nitrogens is 1. The molecule has 0 unspecified atom stereocenters. The summed E-state index contributed by atoms with van der Waals surface area (Å²) in [5, 5.41) is 1.35.